The molecule has 3 N–H and O–H groups in total. The van der Waals surface area contributed by atoms with E-state index in [9.17, 15) is 24.2 Å². The monoisotopic (exact) mass is 734 g/mol. The molecular weight excluding hydrogens is 671 g/mol. The third-order valence-corrected chi connectivity index (χ3v) is 7.70. The van der Waals surface area contributed by atoms with Crippen molar-refractivity contribution in [2.45, 2.75) is 116 Å². The summed E-state index contributed by atoms with van der Waals surface area (Å²) in [4.78, 5) is 34.7. The van der Waals surface area contributed by atoms with E-state index in [0.29, 0.717) is 12.8 Å². The standard InChI is InChI=1S/C40H63O10P/c1-3-5-7-9-11-13-15-17-18-20-22-24-26-28-30-32-40(44)50-38(36-49-51(45,46)48-34-37(42)33-41)35-47-39(43)31-29-27-25-23-21-19-16-14-12-10-8-6-4-2/h5-8,11-14,17-19,21-22,24-25,27,37-38,41-42H,3-4,9-10,15-16,20,23,26,28-36H2,1-2H3,(H,45,46)/b7-5-,8-6-,13-11-,14-12-,18-17-,21-19-,24-22-,27-25-. The lowest BCUT2D eigenvalue weighted by molar-refractivity contribution is -0.161. The third-order valence-electron chi connectivity index (χ3n) is 6.75. The first-order chi connectivity index (χ1) is 24.7. The minimum absolute atomic E-state index is 0.105. The van der Waals surface area contributed by atoms with E-state index in [1.54, 1.807) is 0 Å². The van der Waals surface area contributed by atoms with E-state index < -0.39 is 51.8 Å². The van der Waals surface area contributed by atoms with Crippen LogP contribution in [-0.4, -0.2) is 65.7 Å². The average Bonchev–Trinajstić information content (AvgIpc) is 3.12. The van der Waals surface area contributed by atoms with Gasteiger partial charge in [-0.1, -0.05) is 111 Å². The molecule has 0 saturated carbocycles. The molecule has 3 unspecified atom stereocenters. The van der Waals surface area contributed by atoms with Gasteiger partial charge in [-0.15, -0.1) is 0 Å². The van der Waals surface area contributed by atoms with Crippen molar-refractivity contribution in [2.24, 2.45) is 0 Å². The fourth-order valence-corrected chi connectivity index (χ4v) is 4.78. The molecule has 0 aliphatic carbocycles. The SMILES string of the molecule is CC/C=C\C/C=C\C/C=C\C/C=C\CCCCC(=O)OC(COC(=O)CC/C=C\C/C=C\C/C=C\C/C=C\CC)COP(=O)(O)OCC(O)CO. The quantitative estimate of drug-likeness (QED) is 0.0265. The number of aliphatic hydroxyl groups excluding tert-OH is 2. The van der Waals surface area contributed by atoms with Gasteiger partial charge in [0, 0.05) is 12.8 Å². The topological polar surface area (TPSA) is 149 Å². The molecule has 0 aromatic carbocycles. The van der Waals surface area contributed by atoms with E-state index in [0.717, 1.165) is 64.2 Å². The van der Waals surface area contributed by atoms with Crippen molar-refractivity contribution in [3.8, 4) is 0 Å². The van der Waals surface area contributed by atoms with Crippen molar-refractivity contribution < 1.29 is 47.8 Å². The second-order valence-electron chi connectivity index (χ2n) is 11.5. The summed E-state index contributed by atoms with van der Waals surface area (Å²) in [5.74, 6) is -1.08. The Morgan fingerprint density at radius 3 is 1.53 bits per heavy atom. The van der Waals surface area contributed by atoms with Crippen LogP contribution < -0.4 is 0 Å². The van der Waals surface area contributed by atoms with Gasteiger partial charge >= 0.3 is 19.8 Å². The maximum atomic E-state index is 12.5. The van der Waals surface area contributed by atoms with Gasteiger partial charge in [0.15, 0.2) is 6.10 Å². The number of allylic oxidation sites excluding steroid dienone is 16. The summed E-state index contributed by atoms with van der Waals surface area (Å²) in [5, 5.41) is 18.3. The lowest BCUT2D eigenvalue weighted by Crippen LogP contribution is -2.29. The summed E-state index contributed by atoms with van der Waals surface area (Å²) in [7, 11) is -4.64. The highest BCUT2D eigenvalue weighted by Gasteiger charge is 2.27. The summed E-state index contributed by atoms with van der Waals surface area (Å²) in [6.07, 6.45) is 41.2. The Kier molecular flexibility index (Phi) is 33.1. The highest BCUT2D eigenvalue weighted by atomic mass is 31.2. The van der Waals surface area contributed by atoms with Crippen LogP contribution in [-0.2, 0) is 32.7 Å². The predicted molar refractivity (Wildman–Crippen MR) is 205 cm³/mol. The molecule has 11 heteroatoms. The Labute approximate surface area is 306 Å². The van der Waals surface area contributed by atoms with Crippen molar-refractivity contribution in [2.75, 3.05) is 26.4 Å². The minimum Gasteiger partial charge on any atom is -0.462 e. The maximum Gasteiger partial charge on any atom is 0.472 e. The molecule has 0 aliphatic heterocycles. The van der Waals surface area contributed by atoms with Crippen LogP contribution in [0.15, 0.2) is 97.2 Å². The van der Waals surface area contributed by atoms with Crippen LogP contribution in [0.1, 0.15) is 104 Å². The number of rotatable bonds is 32. The fourth-order valence-electron chi connectivity index (χ4n) is 3.99. The Morgan fingerprint density at radius 2 is 1.04 bits per heavy atom. The minimum atomic E-state index is -4.64. The van der Waals surface area contributed by atoms with Gasteiger partial charge in [0.2, 0.25) is 0 Å². The summed E-state index contributed by atoms with van der Waals surface area (Å²) in [6.45, 7) is 1.96. The maximum absolute atomic E-state index is 12.5. The molecule has 0 amide bonds. The van der Waals surface area contributed by atoms with Crippen LogP contribution >= 0.6 is 7.82 Å². The molecule has 0 aromatic heterocycles. The number of hydrogen-bond acceptors (Lipinski definition) is 9. The van der Waals surface area contributed by atoms with E-state index in [1.807, 2.05) is 12.2 Å². The molecule has 0 bridgehead atoms. The Balaban J connectivity index is 4.60. The molecule has 51 heavy (non-hydrogen) atoms. The van der Waals surface area contributed by atoms with Gasteiger partial charge in [-0.3, -0.25) is 18.6 Å². The van der Waals surface area contributed by atoms with Crippen molar-refractivity contribution in [3.05, 3.63) is 97.2 Å². The van der Waals surface area contributed by atoms with Gasteiger partial charge in [0.05, 0.1) is 19.8 Å². The van der Waals surface area contributed by atoms with Crippen molar-refractivity contribution >= 4 is 19.8 Å². The lowest BCUT2D eigenvalue weighted by atomic mass is 10.2. The number of carbonyl (C=O) groups excluding carboxylic acids is 2. The first kappa shape index (κ1) is 47.9. The van der Waals surface area contributed by atoms with Crippen LogP contribution in [0.5, 0.6) is 0 Å². The van der Waals surface area contributed by atoms with Crippen molar-refractivity contribution in [3.63, 3.8) is 0 Å². The van der Waals surface area contributed by atoms with E-state index in [1.165, 1.54) is 0 Å². The second kappa shape index (κ2) is 35.3. The number of aliphatic hydroxyl groups is 2. The van der Waals surface area contributed by atoms with E-state index in [-0.39, 0.29) is 19.4 Å². The zero-order valence-corrected chi connectivity index (χ0v) is 31.7. The van der Waals surface area contributed by atoms with Gasteiger partial charge in [-0.05, 0) is 77.0 Å². The highest BCUT2D eigenvalue weighted by Crippen LogP contribution is 2.43. The number of carbonyl (C=O) groups is 2. The van der Waals surface area contributed by atoms with Crippen LogP contribution in [0.2, 0.25) is 0 Å². The number of esters is 2. The molecule has 0 aliphatic rings. The smallest absolute Gasteiger partial charge is 0.462 e. The van der Waals surface area contributed by atoms with Gasteiger partial charge in [0.25, 0.3) is 0 Å². The van der Waals surface area contributed by atoms with Gasteiger partial charge in [-0.25, -0.2) is 4.57 Å². The second-order valence-corrected chi connectivity index (χ2v) is 12.9. The summed E-state index contributed by atoms with van der Waals surface area (Å²) in [6, 6.07) is 0. The first-order valence-electron chi connectivity index (χ1n) is 18.2. The Morgan fingerprint density at radius 1 is 0.588 bits per heavy atom. The molecular formula is C40H63O10P. The molecule has 0 fully saturated rings. The molecule has 0 rings (SSSR count). The van der Waals surface area contributed by atoms with Gasteiger partial charge in [-0.2, -0.15) is 0 Å². The van der Waals surface area contributed by atoms with Crippen LogP contribution in [0.4, 0.5) is 0 Å². The van der Waals surface area contributed by atoms with E-state index in [4.69, 9.17) is 19.1 Å². The molecule has 10 nitrogen and oxygen atoms in total. The van der Waals surface area contributed by atoms with Crippen molar-refractivity contribution in [1.29, 1.82) is 0 Å². The predicted octanol–water partition coefficient (Wildman–Crippen LogP) is 8.88. The number of ether oxygens (including phenoxy) is 2. The Bertz CT molecular complexity index is 1170. The molecule has 0 aromatic rings. The number of phosphoric acid groups is 1. The molecule has 0 radical (unpaired) electrons. The van der Waals surface area contributed by atoms with Gasteiger partial charge < -0.3 is 24.6 Å². The number of unbranched alkanes of at least 4 members (excludes halogenated alkanes) is 2. The zero-order valence-electron chi connectivity index (χ0n) is 30.8. The Hall–Kier alpha value is -3.11. The third kappa shape index (κ3) is 35.1. The summed E-state index contributed by atoms with van der Waals surface area (Å²) >= 11 is 0. The average molecular weight is 735 g/mol. The van der Waals surface area contributed by atoms with Crippen LogP contribution in [0.25, 0.3) is 0 Å². The highest BCUT2D eigenvalue weighted by molar-refractivity contribution is 7.47. The lowest BCUT2D eigenvalue weighted by Gasteiger charge is -2.20. The van der Waals surface area contributed by atoms with E-state index >= 15 is 0 Å². The van der Waals surface area contributed by atoms with Crippen LogP contribution in [0.3, 0.4) is 0 Å². The number of phosphoric ester groups is 1. The summed E-state index contributed by atoms with van der Waals surface area (Å²) in [5.41, 5.74) is 0. The van der Waals surface area contributed by atoms with Crippen molar-refractivity contribution in [1.82, 2.24) is 0 Å². The number of hydrogen-bond donors (Lipinski definition) is 3. The molecule has 3 atom stereocenters. The largest absolute Gasteiger partial charge is 0.472 e. The molecule has 288 valence electrons. The molecule has 0 saturated heterocycles. The normalized spacial score (nSPS) is 15.2. The molecule has 0 spiro atoms. The van der Waals surface area contributed by atoms with Crippen LogP contribution in [0, 0.1) is 0 Å². The zero-order chi connectivity index (χ0) is 37.7. The van der Waals surface area contributed by atoms with E-state index in [2.05, 4.69) is 103 Å². The fraction of sp³-hybridized carbons (Fsp3) is 0.550. The molecule has 0 heterocycles. The van der Waals surface area contributed by atoms with Gasteiger partial charge in [0.1, 0.15) is 12.7 Å². The first-order valence-corrected chi connectivity index (χ1v) is 19.7. The summed E-state index contributed by atoms with van der Waals surface area (Å²) < 4.78 is 32.4.